The molecule has 1 heterocycles. The van der Waals surface area contributed by atoms with E-state index in [9.17, 15) is 5.11 Å². The van der Waals surface area contributed by atoms with Crippen molar-refractivity contribution >= 4 is 0 Å². The molecule has 3 heteroatoms. The number of nitrogens with one attached hydrogen (secondary N) is 1. The molecule has 1 fully saturated rings. The van der Waals surface area contributed by atoms with Crippen molar-refractivity contribution in [3.63, 3.8) is 0 Å². The smallest absolute Gasteiger partial charge is 0.126 e. The Morgan fingerprint density at radius 2 is 2.00 bits per heavy atom. The van der Waals surface area contributed by atoms with E-state index in [0.717, 1.165) is 25.1 Å². The van der Waals surface area contributed by atoms with Crippen molar-refractivity contribution < 1.29 is 9.84 Å². The average molecular weight is 261 g/mol. The Labute approximate surface area is 115 Å². The third-order valence-electron chi connectivity index (χ3n) is 4.32. The molecule has 0 aromatic heterocycles. The van der Waals surface area contributed by atoms with E-state index in [2.05, 4.69) is 5.32 Å². The van der Waals surface area contributed by atoms with Crippen LogP contribution in [0.25, 0.3) is 0 Å². The van der Waals surface area contributed by atoms with Crippen molar-refractivity contribution in [3.8, 4) is 11.5 Å². The highest BCUT2D eigenvalue weighted by Crippen LogP contribution is 2.30. The first-order valence-corrected chi connectivity index (χ1v) is 7.53. The van der Waals surface area contributed by atoms with Crippen LogP contribution >= 0.6 is 0 Å². The van der Waals surface area contributed by atoms with Crippen molar-refractivity contribution in [3.05, 3.63) is 23.8 Å². The molecule has 1 saturated carbocycles. The van der Waals surface area contributed by atoms with Crippen molar-refractivity contribution in [2.24, 2.45) is 0 Å². The van der Waals surface area contributed by atoms with E-state index in [-0.39, 0.29) is 6.10 Å². The first kappa shape index (κ1) is 12.8. The zero-order chi connectivity index (χ0) is 13.1. The van der Waals surface area contributed by atoms with Gasteiger partial charge in [0.05, 0.1) is 0 Å². The minimum absolute atomic E-state index is 0.247. The van der Waals surface area contributed by atoms with E-state index in [1.165, 1.54) is 37.7 Å². The molecule has 0 saturated heterocycles. The molecule has 0 radical (unpaired) electrons. The largest absolute Gasteiger partial charge is 0.508 e. The lowest BCUT2D eigenvalue weighted by Gasteiger charge is -2.29. The number of phenolic OH excluding ortho intramolecular Hbond substituents is 1. The highest BCUT2D eigenvalue weighted by molar-refractivity contribution is 5.41. The van der Waals surface area contributed by atoms with Gasteiger partial charge in [-0.25, -0.2) is 0 Å². The van der Waals surface area contributed by atoms with Crippen molar-refractivity contribution in [1.82, 2.24) is 5.32 Å². The molecule has 0 unspecified atom stereocenters. The molecule has 2 N–H and O–H groups in total. The van der Waals surface area contributed by atoms with E-state index in [1.807, 2.05) is 6.07 Å². The first-order valence-electron chi connectivity index (χ1n) is 7.53. The fourth-order valence-electron chi connectivity index (χ4n) is 3.16. The molecule has 0 spiro atoms. The minimum Gasteiger partial charge on any atom is -0.508 e. The Bertz CT molecular complexity index is 427. The summed E-state index contributed by atoms with van der Waals surface area (Å²) >= 11 is 0. The second kappa shape index (κ2) is 5.83. The maximum absolute atomic E-state index is 9.51. The van der Waals surface area contributed by atoms with Crippen LogP contribution in [0, 0.1) is 0 Å². The second-order valence-corrected chi connectivity index (χ2v) is 5.81. The Morgan fingerprint density at radius 1 is 1.16 bits per heavy atom. The number of aromatic hydroxyl groups is 1. The first-order chi connectivity index (χ1) is 9.31. The van der Waals surface area contributed by atoms with Crippen molar-refractivity contribution in [2.75, 3.05) is 6.54 Å². The molecule has 2 aliphatic rings. The summed E-state index contributed by atoms with van der Waals surface area (Å²) in [4.78, 5) is 0. The molecule has 1 aromatic rings. The van der Waals surface area contributed by atoms with Crippen LogP contribution in [0.4, 0.5) is 0 Å². The van der Waals surface area contributed by atoms with E-state index in [4.69, 9.17) is 4.74 Å². The third kappa shape index (κ3) is 3.21. The Kier molecular flexibility index (Phi) is 3.92. The molecule has 19 heavy (non-hydrogen) atoms. The maximum Gasteiger partial charge on any atom is 0.126 e. The standard InChI is InChI=1S/C16H23NO2/c18-14-8-6-12-7-9-15(19-16(12)10-14)11-17-13-4-2-1-3-5-13/h6,8,10,13,15,17-18H,1-5,7,9,11H2/t15-/m0/s1. The van der Waals surface area contributed by atoms with Crippen LogP contribution in [0.15, 0.2) is 18.2 Å². The van der Waals surface area contributed by atoms with Crippen LogP contribution in [0.1, 0.15) is 44.1 Å². The average Bonchev–Trinajstić information content (AvgIpc) is 2.46. The third-order valence-corrected chi connectivity index (χ3v) is 4.32. The van der Waals surface area contributed by atoms with Gasteiger partial charge >= 0.3 is 0 Å². The summed E-state index contributed by atoms with van der Waals surface area (Å²) in [7, 11) is 0. The molecule has 0 bridgehead atoms. The summed E-state index contributed by atoms with van der Waals surface area (Å²) < 4.78 is 5.98. The zero-order valence-electron chi connectivity index (χ0n) is 11.4. The summed E-state index contributed by atoms with van der Waals surface area (Å²) in [5.41, 5.74) is 1.21. The summed E-state index contributed by atoms with van der Waals surface area (Å²) in [6.45, 7) is 0.930. The summed E-state index contributed by atoms with van der Waals surface area (Å²) in [6, 6.07) is 6.13. The number of ether oxygens (including phenoxy) is 1. The molecular weight excluding hydrogens is 238 g/mol. The van der Waals surface area contributed by atoms with Crippen LogP contribution in [0.5, 0.6) is 11.5 Å². The zero-order valence-corrected chi connectivity index (χ0v) is 11.4. The molecule has 1 aromatic carbocycles. The van der Waals surface area contributed by atoms with Gasteiger partial charge in [-0.3, -0.25) is 0 Å². The maximum atomic E-state index is 9.51. The van der Waals surface area contributed by atoms with E-state index >= 15 is 0 Å². The Morgan fingerprint density at radius 3 is 2.84 bits per heavy atom. The fraction of sp³-hybridized carbons (Fsp3) is 0.625. The molecule has 3 rings (SSSR count). The molecule has 104 valence electrons. The minimum atomic E-state index is 0.247. The lowest BCUT2D eigenvalue weighted by atomic mass is 9.95. The topological polar surface area (TPSA) is 41.5 Å². The number of aryl methyl sites for hydroxylation is 1. The predicted octanol–water partition coefficient (Wildman–Crippen LogP) is 3.01. The molecular formula is C16H23NO2. The predicted molar refractivity (Wildman–Crippen MR) is 75.7 cm³/mol. The number of hydrogen-bond donors (Lipinski definition) is 2. The van der Waals surface area contributed by atoms with E-state index < -0.39 is 0 Å². The monoisotopic (exact) mass is 261 g/mol. The van der Waals surface area contributed by atoms with Gasteiger partial charge in [0.2, 0.25) is 0 Å². The summed E-state index contributed by atoms with van der Waals surface area (Å²) in [5.74, 6) is 1.15. The lowest BCUT2D eigenvalue weighted by molar-refractivity contribution is 0.162. The van der Waals surface area contributed by atoms with Crippen LogP contribution in [-0.4, -0.2) is 23.8 Å². The number of rotatable bonds is 3. The van der Waals surface area contributed by atoms with Crippen LogP contribution < -0.4 is 10.1 Å². The van der Waals surface area contributed by atoms with Gasteiger partial charge in [-0.2, -0.15) is 0 Å². The van der Waals surface area contributed by atoms with Crippen molar-refractivity contribution in [2.45, 2.75) is 57.1 Å². The summed E-state index contributed by atoms with van der Waals surface area (Å²) in [5, 5.41) is 13.2. The quantitative estimate of drug-likeness (QED) is 0.879. The number of hydrogen-bond acceptors (Lipinski definition) is 3. The van der Waals surface area contributed by atoms with Crippen LogP contribution in [0.3, 0.4) is 0 Å². The van der Waals surface area contributed by atoms with Gasteiger partial charge in [-0.05, 0) is 37.3 Å². The summed E-state index contributed by atoms with van der Waals surface area (Å²) in [6.07, 6.45) is 9.10. The number of phenols is 1. The van der Waals surface area contributed by atoms with Crippen LogP contribution in [0.2, 0.25) is 0 Å². The lowest BCUT2D eigenvalue weighted by Crippen LogP contribution is -2.40. The van der Waals surface area contributed by atoms with Gasteiger partial charge in [-0.15, -0.1) is 0 Å². The van der Waals surface area contributed by atoms with Gasteiger partial charge in [0.25, 0.3) is 0 Å². The Hall–Kier alpha value is -1.22. The fourth-order valence-corrected chi connectivity index (χ4v) is 3.16. The van der Waals surface area contributed by atoms with E-state index in [1.54, 1.807) is 12.1 Å². The van der Waals surface area contributed by atoms with Gasteiger partial charge in [-0.1, -0.05) is 25.3 Å². The van der Waals surface area contributed by atoms with Gasteiger partial charge < -0.3 is 15.2 Å². The highest BCUT2D eigenvalue weighted by Gasteiger charge is 2.21. The number of benzene rings is 1. The molecule has 1 aliphatic heterocycles. The van der Waals surface area contributed by atoms with Crippen molar-refractivity contribution in [1.29, 1.82) is 0 Å². The van der Waals surface area contributed by atoms with Gasteiger partial charge in [0.15, 0.2) is 0 Å². The van der Waals surface area contributed by atoms with Crippen LogP contribution in [-0.2, 0) is 6.42 Å². The van der Waals surface area contributed by atoms with Gasteiger partial charge in [0.1, 0.15) is 17.6 Å². The second-order valence-electron chi connectivity index (χ2n) is 5.81. The highest BCUT2D eigenvalue weighted by atomic mass is 16.5. The number of fused-ring (bicyclic) bond motifs is 1. The Balaban J connectivity index is 1.53. The molecule has 1 atom stereocenters. The normalized spacial score (nSPS) is 23.7. The van der Waals surface area contributed by atoms with E-state index in [0.29, 0.717) is 11.8 Å². The molecule has 3 nitrogen and oxygen atoms in total. The molecule has 1 aliphatic carbocycles. The van der Waals surface area contributed by atoms with Gasteiger partial charge in [0, 0.05) is 18.7 Å². The molecule has 0 amide bonds. The SMILES string of the molecule is Oc1ccc2c(c1)O[C@H](CNC1CCCCC1)CC2.